The van der Waals surface area contributed by atoms with Crippen LogP contribution in [-0.2, 0) is 4.74 Å². The lowest BCUT2D eigenvalue weighted by atomic mass is 9.89. The van der Waals surface area contributed by atoms with Crippen molar-refractivity contribution in [3.8, 4) is 0 Å². The zero-order valence-electron chi connectivity index (χ0n) is 10.3. The van der Waals surface area contributed by atoms with E-state index in [4.69, 9.17) is 4.74 Å². The van der Waals surface area contributed by atoms with Crippen molar-refractivity contribution >= 4 is 0 Å². The zero-order chi connectivity index (χ0) is 12.1. The number of nitrogens with one attached hydrogen (secondary N) is 1. The first-order chi connectivity index (χ1) is 8.33. The molecule has 0 amide bonds. The smallest absolute Gasteiger partial charge is 0.129 e. The van der Waals surface area contributed by atoms with Gasteiger partial charge in [0.2, 0.25) is 0 Å². The van der Waals surface area contributed by atoms with Crippen molar-refractivity contribution in [3.05, 3.63) is 35.6 Å². The molecular formula is C14H20FNO. The predicted molar refractivity (Wildman–Crippen MR) is 66.4 cm³/mol. The summed E-state index contributed by atoms with van der Waals surface area (Å²) >= 11 is 0. The van der Waals surface area contributed by atoms with E-state index >= 15 is 0 Å². The molecule has 17 heavy (non-hydrogen) atoms. The van der Waals surface area contributed by atoms with Crippen LogP contribution in [0.4, 0.5) is 4.39 Å². The Hall–Kier alpha value is -0.930. The molecule has 94 valence electrons. The first kappa shape index (κ1) is 12.5. The number of hydrogen-bond acceptors (Lipinski definition) is 2. The average Bonchev–Trinajstić information content (AvgIpc) is 2.37. The molecular weight excluding hydrogens is 217 g/mol. The van der Waals surface area contributed by atoms with Gasteiger partial charge in [0, 0.05) is 24.6 Å². The van der Waals surface area contributed by atoms with E-state index in [0.717, 1.165) is 32.5 Å². The van der Waals surface area contributed by atoms with Gasteiger partial charge < -0.3 is 10.1 Å². The second kappa shape index (κ2) is 6.12. The SMILES string of the molecule is CCNCC1CCCOC1c1ccccc1F. The molecule has 1 saturated heterocycles. The Bertz CT molecular complexity index is 356. The molecule has 2 atom stereocenters. The fraction of sp³-hybridized carbons (Fsp3) is 0.571. The largest absolute Gasteiger partial charge is 0.373 e. The Morgan fingerprint density at radius 2 is 2.24 bits per heavy atom. The average molecular weight is 237 g/mol. The monoisotopic (exact) mass is 237 g/mol. The first-order valence-corrected chi connectivity index (χ1v) is 6.39. The van der Waals surface area contributed by atoms with Crippen LogP contribution in [0.5, 0.6) is 0 Å². The third-order valence-electron chi connectivity index (χ3n) is 3.31. The summed E-state index contributed by atoms with van der Waals surface area (Å²) in [6.45, 7) is 4.67. The van der Waals surface area contributed by atoms with Crippen LogP contribution in [0.2, 0.25) is 0 Å². The van der Waals surface area contributed by atoms with Gasteiger partial charge in [-0.05, 0) is 25.5 Å². The Morgan fingerprint density at radius 3 is 3.00 bits per heavy atom. The van der Waals surface area contributed by atoms with Gasteiger partial charge in [-0.1, -0.05) is 25.1 Å². The summed E-state index contributed by atoms with van der Waals surface area (Å²) in [4.78, 5) is 0. The molecule has 2 unspecified atom stereocenters. The van der Waals surface area contributed by atoms with Crippen LogP contribution in [0.3, 0.4) is 0 Å². The number of benzene rings is 1. The number of rotatable bonds is 4. The third kappa shape index (κ3) is 3.05. The van der Waals surface area contributed by atoms with Gasteiger partial charge in [-0.3, -0.25) is 0 Å². The minimum Gasteiger partial charge on any atom is -0.373 e. The van der Waals surface area contributed by atoms with Crippen LogP contribution in [-0.4, -0.2) is 19.7 Å². The highest BCUT2D eigenvalue weighted by Gasteiger charge is 2.28. The summed E-state index contributed by atoms with van der Waals surface area (Å²) in [6, 6.07) is 6.95. The summed E-state index contributed by atoms with van der Waals surface area (Å²) < 4.78 is 19.5. The molecule has 1 heterocycles. The van der Waals surface area contributed by atoms with Crippen molar-refractivity contribution in [2.45, 2.75) is 25.9 Å². The molecule has 0 aromatic heterocycles. The molecule has 2 nitrogen and oxygen atoms in total. The summed E-state index contributed by atoms with van der Waals surface area (Å²) in [7, 11) is 0. The Labute approximate surface area is 102 Å². The Kier molecular flexibility index (Phi) is 4.51. The van der Waals surface area contributed by atoms with E-state index in [1.165, 1.54) is 6.07 Å². The third-order valence-corrected chi connectivity index (χ3v) is 3.31. The molecule has 0 spiro atoms. The normalized spacial score (nSPS) is 24.8. The Balaban J connectivity index is 2.13. The minimum absolute atomic E-state index is 0.0935. The molecule has 3 heteroatoms. The number of ether oxygens (including phenoxy) is 1. The highest BCUT2D eigenvalue weighted by molar-refractivity contribution is 5.21. The summed E-state index contributed by atoms with van der Waals surface area (Å²) in [6.07, 6.45) is 2.08. The molecule has 1 aromatic carbocycles. The van der Waals surface area contributed by atoms with Crippen LogP contribution >= 0.6 is 0 Å². The van der Waals surface area contributed by atoms with E-state index in [2.05, 4.69) is 12.2 Å². The topological polar surface area (TPSA) is 21.3 Å². The molecule has 1 aliphatic heterocycles. The van der Waals surface area contributed by atoms with Crippen LogP contribution in [0.15, 0.2) is 24.3 Å². The van der Waals surface area contributed by atoms with Crippen molar-refractivity contribution in [2.24, 2.45) is 5.92 Å². The first-order valence-electron chi connectivity index (χ1n) is 6.39. The lowest BCUT2D eigenvalue weighted by molar-refractivity contribution is -0.0295. The molecule has 0 radical (unpaired) electrons. The molecule has 0 aliphatic carbocycles. The fourth-order valence-corrected chi connectivity index (χ4v) is 2.43. The van der Waals surface area contributed by atoms with Crippen LogP contribution in [0, 0.1) is 11.7 Å². The lowest BCUT2D eigenvalue weighted by Gasteiger charge is -2.32. The van der Waals surface area contributed by atoms with Crippen LogP contribution in [0.25, 0.3) is 0 Å². The van der Waals surface area contributed by atoms with E-state index in [1.807, 2.05) is 12.1 Å². The fourth-order valence-electron chi connectivity index (χ4n) is 2.43. The molecule has 0 bridgehead atoms. The van der Waals surface area contributed by atoms with Gasteiger partial charge in [0.15, 0.2) is 0 Å². The molecule has 1 aliphatic rings. The predicted octanol–water partition coefficient (Wildman–Crippen LogP) is 2.90. The van der Waals surface area contributed by atoms with Crippen LogP contribution in [0.1, 0.15) is 31.4 Å². The highest BCUT2D eigenvalue weighted by Crippen LogP contribution is 2.34. The lowest BCUT2D eigenvalue weighted by Crippen LogP contribution is -2.32. The van der Waals surface area contributed by atoms with E-state index < -0.39 is 0 Å². The van der Waals surface area contributed by atoms with E-state index in [9.17, 15) is 4.39 Å². The molecule has 1 fully saturated rings. The molecule has 1 aromatic rings. The quantitative estimate of drug-likeness (QED) is 0.869. The second-order valence-electron chi connectivity index (χ2n) is 4.52. The maximum absolute atomic E-state index is 13.8. The standard InChI is InChI=1S/C14H20FNO/c1-2-16-10-11-6-5-9-17-14(11)12-7-3-4-8-13(12)15/h3-4,7-8,11,14,16H,2,5-6,9-10H2,1H3. The maximum Gasteiger partial charge on any atom is 0.129 e. The summed E-state index contributed by atoms with van der Waals surface area (Å²) in [5.41, 5.74) is 0.704. The summed E-state index contributed by atoms with van der Waals surface area (Å²) in [5, 5.41) is 3.33. The van der Waals surface area contributed by atoms with Crippen molar-refractivity contribution in [2.75, 3.05) is 19.7 Å². The minimum atomic E-state index is -0.152. The van der Waals surface area contributed by atoms with Crippen LogP contribution < -0.4 is 5.32 Å². The van der Waals surface area contributed by atoms with E-state index in [0.29, 0.717) is 11.5 Å². The van der Waals surface area contributed by atoms with Gasteiger partial charge in [-0.15, -0.1) is 0 Å². The van der Waals surface area contributed by atoms with E-state index in [1.54, 1.807) is 6.07 Å². The van der Waals surface area contributed by atoms with Gasteiger partial charge in [0.25, 0.3) is 0 Å². The van der Waals surface area contributed by atoms with Gasteiger partial charge in [-0.25, -0.2) is 4.39 Å². The summed E-state index contributed by atoms with van der Waals surface area (Å²) in [5.74, 6) is 0.224. The number of hydrogen-bond donors (Lipinski definition) is 1. The number of halogens is 1. The van der Waals surface area contributed by atoms with Crippen molar-refractivity contribution < 1.29 is 9.13 Å². The molecule has 1 N–H and O–H groups in total. The van der Waals surface area contributed by atoms with Crippen molar-refractivity contribution in [3.63, 3.8) is 0 Å². The zero-order valence-corrected chi connectivity index (χ0v) is 10.3. The Morgan fingerprint density at radius 1 is 1.41 bits per heavy atom. The molecule has 0 saturated carbocycles. The maximum atomic E-state index is 13.8. The van der Waals surface area contributed by atoms with E-state index in [-0.39, 0.29) is 11.9 Å². The van der Waals surface area contributed by atoms with Gasteiger partial charge in [0.1, 0.15) is 5.82 Å². The van der Waals surface area contributed by atoms with Gasteiger partial charge >= 0.3 is 0 Å². The second-order valence-corrected chi connectivity index (χ2v) is 4.52. The highest BCUT2D eigenvalue weighted by atomic mass is 19.1. The van der Waals surface area contributed by atoms with Crippen molar-refractivity contribution in [1.29, 1.82) is 0 Å². The van der Waals surface area contributed by atoms with Gasteiger partial charge in [0.05, 0.1) is 6.10 Å². The van der Waals surface area contributed by atoms with Gasteiger partial charge in [-0.2, -0.15) is 0 Å². The van der Waals surface area contributed by atoms with Crippen molar-refractivity contribution in [1.82, 2.24) is 5.32 Å². The molecule has 2 rings (SSSR count).